The highest BCUT2D eigenvalue weighted by Gasteiger charge is 2.29. The lowest BCUT2D eigenvalue weighted by atomic mass is 9.96. The summed E-state index contributed by atoms with van der Waals surface area (Å²) in [6.07, 6.45) is 6.78. The number of pyridine rings is 1. The molecule has 0 bridgehead atoms. The van der Waals surface area contributed by atoms with Crippen LogP contribution in [0.1, 0.15) is 39.5 Å². The van der Waals surface area contributed by atoms with Crippen LogP contribution < -0.4 is 15.0 Å². The zero-order valence-electron chi connectivity index (χ0n) is 12.9. The van der Waals surface area contributed by atoms with Gasteiger partial charge in [0.2, 0.25) is 0 Å². The van der Waals surface area contributed by atoms with E-state index in [9.17, 15) is 0 Å². The van der Waals surface area contributed by atoms with Gasteiger partial charge in [0.05, 0.1) is 7.11 Å². The number of aromatic nitrogens is 1. The molecule has 4 nitrogen and oxygen atoms in total. The van der Waals surface area contributed by atoms with E-state index >= 15 is 0 Å². The second kappa shape index (κ2) is 7.48. The Morgan fingerprint density at radius 2 is 2.35 bits per heavy atom. The molecule has 112 valence electrons. The average molecular weight is 277 g/mol. The van der Waals surface area contributed by atoms with Gasteiger partial charge in [-0.2, -0.15) is 0 Å². The van der Waals surface area contributed by atoms with E-state index in [1.807, 2.05) is 18.3 Å². The molecule has 20 heavy (non-hydrogen) atoms. The summed E-state index contributed by atoms with van der Waals surface area (Å²) in [5.74, 6) is 1.87. The van der Waals surface area contributed by atoms with Crippen LogP contribution in [0.15, 0.2) is 18.3 Å². The number of piperidine rings is 1. The van der Waals surface area contributed by atoms with Crippen molar-refractivity contribution < 1.29 is 4.74 Å². The highest BCUT2D eigenvalue weighted by atomic mass is 16.5. The number of anilines is 1. The highest BCUT2D eigenvalue weighted by Crippen LogP contribution is 2.31. The van der Waals surface area contributed by atoms with Crippen LogP contribution in [0.5, 0.6) is 5.75 Å². The van der Waals surface area contributed by atoms with E-state index in [1.54, 1.807) is 7.11 Å². The van der Waals surface area contributed by atoms with Crippen LogP contribution >= 0.6 is 0 Å². The van der Waals surface area contributed by atoms with Gasteiger partial charge in [0, 0.05) is 24.8 Å². The summed E-state index contributed by atoms with van der Waals surface area (Å²) < 4.78 is 5.48. The summed E-state index contributed by atoms with van der Waals surface area (Å²) in [4.78, 5) is 6.99. The maximum absolute atomic E-state index is 5.48. The molecule has 1 fully saturated rings. The molecule has 2 heterocycles. The SMILES string of the molecule is CCCNC(C)C1CCCCN1c1ncccc1OC. The Bertz CT molecular complexity index is 410. The van der Waals surface area contributed by atoms with Crippen molar-refractivity contribution in [3.05, 3.63) is 18.3 Å². The normalized spacial score (nSPS) is 20.8. The predicted molar refractivity (Wildman–Crippen MR) is 83.5 cm³/mol. The van der Waals surface area contributed by atoms with Crippen molar-refractivity contribution in [2.24, 2.45) is 0 Å². The third-order valence-corrected chi connectivity index (χ3v) is 4.09. The van der Waals surface area contributed by atoms with Crippen molar-refractivity contribution in [3.63, 3.8) is 0 Å². The molecule has 0 amide bonds. The molecule has 2 rings (SSSR count). The molecule has 1 N–H and O–H groups in total. The van der Waals surface area contributed by atoms with E-state index in [0.29, 0.717) is 12.1 Å². The van der Waals surface area contributed by atoms with Gasteiger partial charge in [0.15, 0.2) is 11.6 Å². The number of hydrogen-bond acceptors (Lipinski definition) is 4. The first-order chi connectivity index (χ1) is 9.77. The van der Waals surface area contributed by atoms with Gasteiger partial charge in [-0.25, -0.2) is 4.98 Å². The zero-order valence-corrected chi connectivity index (χ0v) is 12.9. The summed E-state index contributed by atoms with van der Waals surface area (Å²) in [5.41, 5.74) is 0. The number of nitrogens with one attached hydrogen (secondary N) is 1. The molecular weight excluding hydrogens is 250 g/mol. The molecule has 4 heteroatoms. The van der Waals surface area contributed by atoms with E-state index in [-0.39, 0.29) is 0 Å². The summed E-state index contributed by atoms with van der Waals surface area (Å²) >= 11 is 0. The Balaban J connectivity index is 2.17. The molecule has 0 spiro atoms. The van der Waals surface area contributed by atoms with Gasteiger partial charge in [0.25, 0.3) is 0 Å². The Morgan fingerprint density at radius 3 is 3.10 bits per heavy atom. The number of ether oxygens (including phenoxy) is 1. The van der Waals surface area contributed by atoms with Gasteiger partial charge >= 0.3 is 0 Å². The first-order valence-corrected chi connectivity index (χ1v) is 7.77. The Morgan fingerprint density at radius 1 is 1.50 bits per heavy atom. The van der Waals surface area contributed by atoms with Crippen LogP contribution in [0.25, 0.3) is 0 Å². The standard InChI is InChI=1S/C16H27N3O/c1-4-10-17-13(2)14-8-5-6-12-19(14)16-15(20-3)9-7-11-18-16/h7,9,11,13-14,17H,4-6,8,10,12H2,1-3H3. The summed E-state index contributed by atoms with van der Waals surface area (Å²) in [5, 5.41) is 3.63. The lowest BCUT2D eigenvalue weighted by Crippen LogP contribution is -2.51. The monoisotopic (exact) mass is 277 g/mol. The molecule has 1 aromatic heterocycles. The molecule has 1 aromatic rings. The van der Waals surface area contributed by atoms with E-state index < -0.39 is 0 Å². The number of nitrogens with zero attached hydrogens (tertiary/aromatic N) is 2. The van der Waals surface area contributed by atoms with Crippen LogP contribution in [0.2, 0.25) is 0 Å². The van der Waals surface area contributed by atoms with E-state index in [1.165, 1.54) is 25.7 Å². The largest absolute Gasteiger partial charge is 0.493 e. The van der Waals surface area contributed by atoms with E-state index in [2.05, 4.69) is 29.0 Å². The molecule has 1 aliphatic heterocycles. The molecule has 2 atom stereocenters. The van der Waals surface area contributed by atoms with Gasteiger partial charge in [-0.1, -0.05) is 6.92 Å². The topological polar surface area (TPSA) is 37.4 Å². The number of hydrogen-bond donors (Lipinski definition) is 1. The molecule has 0 aromatic carbocycles. The summed E-state index contributed by atoms with van der Waals surface area (Å²) in [7, 11) is 1.72. The fourth-order valence-electron chi connectivity index (χ4n) is 3.01. The predicted octanol–water partition coefficient (Wildman–Crippen LogP) is 2.84. The molecular formula is C16H27N3O. The van der Waals surface area contributed by atoms with Gasteiger partial charge in [-0.05, 0) is 51.3 Å². The van der Waals surface area contributed by atoms with Gasteiger partial charge in [0.1, 0.15) is 0 Å². The number of rotatable bonds is 6. The summed E-state index contributed by atoms with van der Waals surface area (Å²) in [6.45, 7) is 6.63. The van der Waals surface area contributed by atoms with Gasteiger partial charge < -0.3 is 15.0 Å². The zero-order chi connectivity index (χ0) is 14.4. The van der Waals surface area contributed by atoms with Crippen molar-refractivity contribution in [1.29, 1.82) is 0 Å². The highest BCUT2D eigenvalue weighted by molar-refractivity contribution is 5.53. The molecule has 0 radical (unpaired) electrons. The maximum Gasteiger partial charge on any atom is 0.171 e. The minimum absolute atomic E-state index is 0.474. The quantitative estimate of drug-likeness (QED) is 0.867. The lowest BCUT2D eigenvalue weighted by Gasteiger charge is -2.40. The van der Waals surface area contributed by atoms with Crippen molar-refractivity contribution in [1.82, 2.24) is 10.3 Å². The van der Waals surface area contributed by atoms with Gasteiger partial charge in [-0.15, -0.1) is 0 Å². The van der Waals surface area contributed by atoms with Crippen LogP contribution in [0.4, 0.5) is 5.82 Å². The maximum atomic E-state index is 5.48. The molecule has 0 aliphatic carbocycles. The third-order valence-electron chi connectivity index (χ3n) is 4.09. The Labute approximate surface area is 122 Å². The first kappa shape index (κ1) is 15.1. The van der Waals surface area contributed by atoms with Crippen LogP contribution in [-0.4, -0.2) is 37.3 Å². The molecule has 1 saturated heterocycles. The number of methoxy groups -OCH3 is 1. The molecule has 2 unspecified atom stereocenters. The fourth-order valence-corrected chi connectivity index (χ4v) is 3.01. The van der Waals surface area contributed by atoms with Crippen LogP contribution in [0, 0.1) is 0 Å². The van der Waals surface area contributed by atoms with Crippen molar-refractivity contribution >= 4 is 5.82 Å². The van der Waals surface area contributed by atoms with E-state index in [0.717, 1.165) is 24.7 Å². The fraction of sp³-hybridized carbons (Fsp3) is 0.688. The lowest BCUT2D eigenvalue weighted by molar-refractivity contribution is 0.357. The van der Waals surface area contributed by atoms with Crippen LogP contribution in [-0.2, 0) is 0 Å². The van der Waals surface area contributed by atoms with Crippen molar-refractivity contribution in [2.45, 2.75) is 51.6 Å². The average Bonchev–Trinajstić information content (AvgIpc) is 2.52. The third kappa shape index (κ3) is 3.42. The first-order valence-electron chi connectivity index (χ1n) is 7.77. The summed E-state index contributed by atoms with van der Waals surface area (Å²) in [6, 6.07) is 4.90. The minimum atomic E-state index is 0.474. The second-order valence-electron chi connectivity index (χ2n) is 5.53. The smallest absolute Gasteiger partial charge is 0.171 e. The van der Waals surface area contributed by atoms with E-state index in [4.69, 9.17) is 4.74 Å². The Kier molecular flexibility index (Phi) is 5.65. The van der Waals surface area contributed by atoms with Crippen molar-refractivity contribution in [3.8, 4) is 5.75 Å². The van der Waals surface area contributed by atoms with Crippen LogP contribution in [0.3, 0.4) is 0 Å². The molecule has 1 aliphatic rings. The molecule has 0 saturated carbocycles. The van der Waals surface area contributed by atoms with Gasteiger partial charge in [-0.3, -0.25) is 0 Å². The Hall–Kier alpha value is -1.29. The minimum Gasteiger partial charge on any atom is -0.493 e. The van der Waals surface area contributed by atoms with Crippen molar-refractivity contribution in [2.75, 3.05) is 25.1 Å². The second-order valence-corrected chi connectivity index (χ2v) is 5.53.